The molecule has 104 valence electrons. The van der Waals surface area contributed by atoms with Crippen LogP contribution in [0.15, 0.2) is 0 Å². The molecule has 0 atom stereocenters. The van der Waals surface area contributed by atoms with Gasteiger partial charge in [-0.25, -0.2) is 9.97 Å². The lowest BCUT2D eigenvalue weighted by atomic mass is 9.91. The van der Waals surface area contributed by atoms with Crippen molar-refractivity contribution in [3.63, 3.8) is 0 Å². The van der Waals surface area contributed by atoms with Crippen molar-refractivity contribution in [3.8, 4) is 0 Å². The van der Waals surface area contributed by atoms with Crippen molar-refractivity contribution in [1.29, 1.82) is 0 Å². The Morgan fingerprint density at radius 1 is 1.16 bits per heavy atom. The van der Waals surface area contributed by atoms with Crippen molar-refractivity contribution < 1.29 is 9.47 Å². The molecule has 5 heteroatoms. The zero-order valence-corrected chi connectivity index (χ0v) is 12.0. The minimum atomic E-state index is -0.422. The van der Waals surface area contributed by atoms with E-state index in [1.54, 1.807) is 7.11 Å². The molecule has 1 aromatic rings. The van der Waals surface area contributed by atoms with Gasteiger partial charge in [-0.15, -0.1) is 0 Å². The highest BCUT2D eigenvalue weighted by Crippen LogP contribution is 2.36. The summed E-state index contributed by atoms with van der Waals surface area (Å²) in [7, 11) is 1.72. The van der Waals surface area contributed by atoms with Crippen LogP contribution in [0.5, 0.6) is 0 Å². The monoisotopic (exact) mass is 282 g/mol. The topological polar surface area (TPSA) is 44.2 Å². The van der Waals surface area contributed by atoms with Crippen molar-refractivity contribution in [3.05, 3.63) is 22.2 Å². The van der Waals surface area contributed by atoms with Crippen molar-refractivity contribution in [2.75, 3.05) is 20.3 Å². The van der Waals surface area contributed by atoms with Crippen LogP contribution in [0.25, 0.3) is 0 Å². The van der Waals surface area contributed by atoms with Gasteiger partial charge >= 0.3 is 0 Å². The molecule has 0 bridgehead atoms. The average molecular weight is 283 g/mol. The van der Waals surface area contributed by atoms with Crippen molar-refractivity contribution in [2.24, 2.45) is 0 Å². The minimum absolute atomic E-state index is 0.422. The third-order valence-corrected chi connectivity index (χ3v) is 4.54. The Balaban J connectivity index is 2.02. The highest BCUT2D eigenvalue weighted by atomic mass is 35.5. The summed E-state index contributed by atoms with van der Waals surface area (Å²) >= 11 is 6.35. The van der Waals surface area contributed by atoms with E-state index in [9.17, 15) is 0 Å². The molecule has 0 radical (unpaired) electrons. The molecule has 19 heavy (non-hydrogen) atoms. The lowest BCUT2D eigenvalue weighted by Crippen LogP contribution is -2.38. The maximum absolute atomic E-state index is 6.35. The van der Waals surface area contributed by atoms with Gasteiger partial charge in [0.15, 0.2) is 5.82 Å². The number of hydrogen-bond donors (Lipinski definition) is 0. The van der Waals surface area contributed by atoms with Gasteiger partial charge in [0.05, 0.1) is 0 Å². The SMILES string of the molecule is COC1(c2nc(Cl)c3c(n2)CCCC3)CCOCC1. The molecule has 1 fully saturated rings. The molecule has 1 saturated heterocycles. The van der Waals surface area contributed by atoms with E-state index in [0.717, 1.165) is 42.8 Å². The van der Waals surface area contributed by atoms with Crippen LogP contribution in [0.4, 0.5) is 0 Å². The number of hydrogen-bond acceptors (Lipinski definition) is 4. The molecular weight excluding hydrogens is 264 g/mol. The van der Waals surface area contributed by atoms with E-state index in [4.69, 9.17) is 26.1 Å². The quantitative estimate of drug-likeness (QED) is 0.782. The van der Waals surface area contributed by atoms with Gasteiger partial charge in [-0.2, -0.15) is 0 Å². The molecule has 3 rings (SSSR count). The normalized spacial score (nSPS) is 22.0. The molecule has 1 aliphatic heterocycles. The predicted octanol–water partition coefficient (Wildman–Crippen LogP) is 2.66. The van der Waals surface area contributed by atoms with E-state index in [1.807, 2.05) is 0 Å². The Bertz CT molecular complexity index is 473. The van der Waals surface area contributed by atoms with E-state index >= 15 is 0 Å². The summed E-state index contributed by atoms with van der Waals surface area (Å²) in [5.74, 6) is 0.740. The van der Waals surface area contributed by atoms with Crippen LogP contribution in [-0.4, -0.2) is 30.3 Å². The molecule has 4 nitrogen and oxygen atoms in total. The second kappa shape index (κ2) is 5.35. The average Bonchev–Trinajstić information content (AvgIpc) is 2.48. The third kappa shape index (κ3) is 2.37. The highest BCUT2D eigenvalue weighted by Gasteiger charge is 2.38. The summed E-state index contributed by atoms with van der Waals surface area (Å²) in [6.07, 6.45) is 5.94. The Morgan fingerprint density at radius 3 is 2.63 bits per heavy atom. The molecule has 0 N–H and O–H groups in total. The molecule has 2 aliphatic rings. The Labute approximate surface area is 118 Å². The smallest absolute Gasteiger partial charge is 0.162 e. The van der Waals surface area contributed by atoms with Crippen LogP contribution in [0.3, 0.4) is 0 Å². The third-order valence-electron chi connectivity index (χ3n) is 4.23. The Hall–Kier alpha value is -0.710. The standard InChI is InChI=1S/C14H19ClN2O2/c1-18-14(6-8-19-9-7-14)13-16-11-5-3-2-4-10(11)12(15)17-13/h2-9H2,1H3. The fourth-order valence-corrected chi connectivity index (χ4v) is 3.26. The second-order valence-corrected chi connectivity index (χ2v) is 5.64. The fourth-order valence-electron chi connectivity index (χ4n) is 2.97. The summed E-state index contributed by atoms with van der Waals surface area (Å²) in [5, 5.41) is 0.614. The summed E-state index contributed by atoms with van der Waals surface area (Å²) in [4.78, 5) is 9.29. The van der Waals surface area contributed by atoms with Gasteiger partial charge in [-0.05, 0) is 25.7 Å². The molecule has 0 saturated carbocycles. The van der Waals surface area contributed by atoms with Gasteiger partial charge < -0.3 is 9.47 Å². The predicted molar refractivity (Wildman–Crippen MR) is 72.4 cm³/mol. The van der Waals surface area contributed by atoms with Gasteiger partial charge in [0.1, 0.15) is 10.8 Å². The number of nitrogens with zero attached hydrogens (tertiary/aromatic N) is 2. The number of aromatic nitrogens is 2. The van der Waals surface area contributed by atoms with E-state index in [1.165, 1.54) is 12.8 Å². The van der Waals surface area contributed by atoms with Gasteiger partial charge in [0.25, 0.3) is 0 Å². The Morgan fingerprint density at radius 2 is 1.89 bits per heavy atom. The number of methoxy groups -OCH3 is 1. The largest absolute Gasteiger partial charge is 0.381 e. The molecular formula is C14H19ClN2O2. The van der Waals surface area contributed by atoms with Gasteiger partial charge in [-0.3, -0.25) is 0 Å². The molecule has 0 spiro atoms. The first kappa shape index (κ1) is 13.3. The first-order valence-electron chi connectivity index (χ1n) is 6.94. The summed E-state index contributed by atoms with van der Waals surface area (Å²) in [5.41, 5.74) is 1.83. The Kier molecular flexibility index (Phi) is 3.74. The zero-order chi connectivity index (χ0) is 13.3. The number of rotatable bonds is 2. The van der Waals surface area contributed by atoms with Gasteiger partial charge in [0.2, 0.25) is 0 Å². The number of aryl methyl sites for hydroxylation is 1. The van der Waals surface area contributed by atoms with Crippen molar-refractivity contribution in [1.82, 2.24) is 9.97 Å². The number of fused-ring (bicyclic) bond motifs is 1. The van der Waals surface area contributed by atoms with Crippen LogP contribution in [-0.2, 0) is 27.9 Å². The molecule has 0 unspecified atom stereocenters. The van der Waals surface area contributed by atoms with E-state index in [-0.39, 0.29) is 0 Å². The van der Waals surface area contributed by atoms with Crippen LogP contribution < -0.4 is 0 Å². The van der Waals surface area contributed by atoms with E-state index in [0.29, 0.717) is 18.4 Å². The lowest BCUT2D eigenvalue weighted by Gasteiger charge is -2.35. The first-order chi connectivity index (χ1) is 9.25. The van der Waals surface area contributed by atoms with Crippen LogP contribution in [0.1, 0.15) is 42.8 Å². The molecule has 1 aromatic heterocycles. The maximum Gasteiger partial charge on any atom is 0.162 e. The van der Waals surface area contributed by atoms with Gasteiger partial charge in [0, 0.05) is 44.4 Å². The number of halogens is 1. The molecule has 1 aliphatic carbocycles. The van der Waals surface area contributed by atoms with Crippen LogP contribution >= 0.6 is 11.6 Å². The van der Waals surface area contributed by atoms with E-state index in [2.05, 4.69) is 4.98 Å². The lowest BCUT2D eigenvalue weighted by molar-refractivity contribution is -0.100. The zero-order valence-electron chi connectivity index (χ0n) is 11.2. The number of ether oxygens (including phenoxy) is 2. The van der Waals surface area contributed by atoms with Gasteiger partial charge in [-0.1, -0.05) is 11.6 Å². The van der Waals surface area contributed by atoms with Crippen molar-refractivity contribution in [2.45, 2.75) is 44.1 Å². The summed E-state index contributed by atoms with van der Waals surface area (Å²) in [6.45, 7) is 1.37. The van der Waals surface area contributed by atoms with Crippen LogP contribution in [0, 0.1) is 0 Å². The highest BCUT2D eigenvalue weighted by molar-refractivity contribution is 6.30. The van der Waals surface area contributed by atoms with Crippen LogP contribution in [0.2, 0.25) is 5.15 Å². The molecule has 0 amide bonds. The summed E-state index contributed by atoms with van der Waals surface area (Å²) < 4.78 is 11.2. The first-order valence-corrected chi connectivity index (χ1v) is 7.32. The molecule has 2 heterocycles. The van der Waals surface area contributed by atoms with Crippen molar-refractivity contribution >= 4 is 11.6 Å². The second-order valence-electron chi connectivity index (χ2n) is 5.28. The summed E-state index contributed by atoms with van der Waals surface area (Å²) in [6, 6.07) is 0. The molecule has 0 aromatic carbocycles. The fraction of sp³-hybridized carbons (Fsp3) is 0.714. The minimum Gasteiger partial charge on any atom is -0.381 e. The maximum atomic E-state index is 6.35. The van der Waals surface area contributed by atoms with E-state index < -0.39 is 5.60 Å².